The van der Waals surface area contributed by atoms with Gasteiger partial charge in [0.1, 0.15) is 5.75 Å². The Morgan fingerprint density at radius 3 is 2.39 bits per heavy atom. The van der Waals surface area contributed by atoms with Crippen molar-refractivity contribution in [1.82, 2.24) is 4.90 Å². The van der Waals surface area contributed by atoms with Gasteiger partial charge < -0.3 is 15.0 Å². The van der Waals surface area contributed by atoms with Crippen LogP contribution in [-0.2, 0) is 11.3 Å². The number of fused-ring (bicyclic) bond motifs is 1. The molecule has 0 aliphatic carbocycles. The van der Waals surface area contributed by atoms with Gasteiger partial charge >= 0.3 is 0 Å². The molecule has 4 aromatic rings. The molecule has 2 amide bonds. The van der Waals surface area contributed by atoms with Crippen LogP contribution in [0.3, 0.4) is 0 Å². The smallest absolute Gasteiger partial charge is 0.262 e. The maximum atomic E-state index is 13.0. The lowest BCUT2D eigenvalue weighted by molar-refractivity contribution is -0.118. The standard InChI is InChI=1S/C27H23BrN2O3/c1-30(17-19-9-3-2-4-10-19)27(32)22-13-7-8-14-23(22)29-25(31)18-33-24-16-15-20-11-5-6-12-21(20)26(24)28/h2-16H,17-18H2,1H3,(H,29,31). The summed E-state index contributed by atoms with van der Waals surface area (Å²) in [5.41, 5.74) is 1.91. The molecule has 0 saturated carbocycles. The second kappa shape index (κ2) is 10.3. The van der Waals surface area contributed by atoms with Crippen LogP contribution in [0.1, 0.15) is 15.9 Å². The molecule has 6 heteroatoms. The summed E-state index contributed by atoms with van der Waals surface area (Å²) in [7, 11) is 1.74. The molecular weight excluding hydrogens is 480 g/mol. The molecular formula is C27H23BrN2O3. The topological polar surface area (TPSA) is 58.6 Å². The molecule has 0 saturated heterocycles. The van der Waals surface area contributed by atoms with Crippen molar-refractivity contribution in [2.75, 3.05) is 19.0 Å². The summed E-state index contributed by atoms with van der Waals surface area (Å²) in [6.45, 7) is 0.292. The predicted molar refractivity (Wildman–Crippen MR) is 134 cm³/mol. The van der Waals surface area contributed by atoms with Gasteiger partial charge in [-0.05, 0) is 50.5 Å². The molecule has 1 N–H and O–H groups in total. The van der Waals surface area contributed by atoms with Crippen molar-refractivity contribution in [2.24, 2.45) is 0 Å². The highest BCUT2D eigenvalue weighted by molar-refractivity contribution is 9.10. The molecule has 0 unspecified atom stereocenters. The minimum atomic E-state index is -0.346. The number of ether oxygens (including phenoxy) is 1. The fourth-order valence-electron chi connectivity index (χ4n) is 3.57. The number of carbonyl (C=O) groups excluding carboxylic acids is 2. The van der Waals surface area contributed by atoms with Crippen molar-refractivity contribution >= 4 is 44.2 Å². The highest BCUT2D eigenvalue weighted by atomic mass is 79.9. The van der Waals surface area contributed by atoms with E-state index in [-0.39, 0.29) is 18.4 Å². The maximum absolute atomic E-state index is 13.0. The number of carbonyl (C=O) groups is 2. The van der Waals surface area contributed by atoms with Crippen LogP contribution in [0.5, 0.6) is 5.75 Å². The number of rotatable bonds is 7. The second-order valence-electron chi connectivity index (χ2n) is 7.63. The SMILES string of the molecule is CN(Cc1ccccc1)C(=O)c1ccccc1NC(=O)COc1ccc2ccccc2c1Br. The lowest BCUT2D eigenvalue weighted by Crippen LogP contribution is -2.28. The second-order valence-corrected chi connectivity index (χ2v) is 8.42. The highest BCUT2D eigenvalue weighted by Crippen LogP contribution is 2.33. The third kappa shape index (κ3) is 5.41. The summed E-state index contributed by atoms with van der Waals surface area (Å²) >= 11 is 3.57. The average Bonchev–Trinajstić information content (AvgIpc) is 2.84. The molecule has 0 heterocycles. The van der Waals surface area contributed by atoms with E-state index in [4.69, 9.17) is 4.74 Å². The average molecular weight is 503 g/mol. The van der Waals surface area contributed by atoms with E-state index in [2.05, 4.69) is 21.2 Å². The Bertz CT molecular complexity index is 1290. The van der Waals surface area contributed by atoms with Gasteiger partial charge in [0.15, 0.2) is 6.61 Å². The quantitative estimate of drug-likeness (QED) is 0.342. The van der Waals surface area contributed by atoms with E-state index in [1.165, 1.54) is 0 Å². The molecule has 0 aliphatic heterocycles. The van der Waals surface area contributed by atoms with Crippen LogP contribution >= 0.6 is 15.9 Å². The van der Waals surface area contributed by atoms with Crippen molar-refractivity contribution in [3.63, 3.8) is 0 Å². The lowest BCUT2D eigenvalue weighted by Gasteiger charge is -2.19. The van der Waals surface area contributed by atoms with Gasteiger partial charge in [-0.2, -0.15) is 0 Å². The third-order valence-corrected chi connectivity index (χ3v) is 6.05. The van der Waals surface area contributed by atoms with Gasteiger partial charge in [-0.25, -0.2) is 0 Å². The van der Waals surface area contributed by atoms with Crippen molar-refractivity contribution < 1.29 is 14.3 Å². The number of hydrogen-bond acceptors (Lipinski definition) is 3. The fourth-order valence-corrected chi connectivity index (χ4v) is 4.18. The third-order valence-electron chi connectivity index (χ3n) is 5.23. The van der Waals surface area contributed by atoms with Crippen LogP contribution in [0.15, 0.2) is 95.5 Å². The first-order valence-electron chi connectivity index (χ1n) is 10.5. The van der Waals surface area contributed by atoms with Crippen LogP contribution in [-0.4, -0.2) is 30.4 Å². The Kier molecular flexibility index (Phi) is 7.05. The number of halogens is 1. The van der Waals surface area contributed by atoms with Crippen molar-refractivity contribution in [2.45, 2.75) is 6.54 Å². The summed E-state index contributed by atoms with van der Waals surface area (Å²) in [4.78, 5) is 27.3. The Hall–Kier alpha value is -3.64. The molecule has 0 bridgehead atoms. The summed E-state index contributed by atoms with van der Waals surface area (Å²) in [5, 5.41) is 4.89. The monoisotopic (exact) mass is 502 g/mol. The van der Waals surface area contributed by atoms with Crippen LogP contribution in [0.4, 0.5) is 5.69 Å². The van der Waals surface area contributed by atoms with Gasteiger partial charge in [0, 0.05) is 13.6 Å². The number of benzene rings is 4. The van der Waals surface area contributed by atoms with Gasteiger partial charge in [0.25, 0.3) is 11.8 Å². The minimum Gasteiger partial charge on any atom is -0.483 e. The molecule has 166 valence electrons. The Labute approximate surface area is 201 Å². The molecule has 4 aromatic carbocycles. The van der Waals surface area contributed by atoms with E-state index in [0.717, 1.165) is 20.8 Å². The number of amides is 2. The van der Waals surface area contributed by atoms with Crippen LogP contribution in [0, 0.1) is 0 Å². The van der Waals surface area contributed by atoms with Crippen molar-refractivity contribution in [3.05, 3.63) is 107 Å². The molecule has 0 spiro atoms. The first kappa shape index (κ1) is 22.6. The van der Waals surface area contributed by atoms with Gasteiger partial charge in [0.2, 0.25) is 0 Å². The normalized spacial score (nSPS) is 10.6. The molecule has 0 aliphatic rings. The Morgan fingerprint density at radius 2 is 1.58 bits per heavy atom. The number of anilines is 1. The first-order valence-corrected chi connectivity index (χ1v) is 11.3. The molecule has 4 rings (SSSR count). The van der Waals surface area contributed by atoms with E-state index in [0.29, 0.717) is 23.5 Å². The zero-order valence-corrected chi connectivity index (χ0v) is 19.7. The number of nitrogens with one attached hydrogen (secondary N) is 1. The highest BCUT2D eigenvalue weighted by Gasteiger charge is 2.17. The number of hydrogen-bond donors (Lipinski definition) is 1. The molecule has 0 aromatic heterocycles. The maximum Gasteiger partial charge on any atom is 0.262 e. The van der Waals surface area contributed by atoms with E-state index < -0.39 is 0 Å². The Morgan fingerprint density at radius 1 is 0.879 bits per heavy atom. The lowest BCUT2D eigenvalue weighted by atomic mass is 10.1. The fraction of sp³-hybridized carbons (Fsp3) is 0.111. The molecule has 0 fully saturated rings. The van der Waals surface area contributed by atoms with E-state index in [1.54, 1.807) is 36.2 Å². The largest absolute Gasteiger partial charge is 0.483 e. The Balaban J connectivity index is 1.43. The van der Waals surface area contributed by atoms with Crippen LogP contribution < -0.4 is 10.1 Å². The minimum absolute atomic E-state index is 0.173. The zero-order chi connectivity index (χ0) is 23.2. The van der Waals surface area contributed by atoms with Crippen LogP contribution in [0.2, 0.25) is 0 Å². The van der Waals surface area contributed by atoms with E-state index in [9.17, 15) is 9.59 Å². The van der Waals surface area contributed by atoms with Gasteiger partial charge in [0.05, 0.1) is 15.7 Å². The summed E-state index contributed by atoms with van der Waals surface area (Å²) in [5.74, 6) is 0.0600. The summed E-state index contributed by atoms with van der Waals surface area (Å²) < 4.78 is 6.55. The van der Waals surface area contributed by atoms with Gasteiger partial charge in [-0.3, -0.25) is 9.59 Å². The van der Waals surface area contributed by atoms with Gasteiger partial charge in [-0.15, -0.1) is 0 Å². The zero-order valence-electron chi connectivity index (χ0n) is 18.1. The molecule has 33 heavy (non-hydrogen) atoms. The van der Waals surface area contributed by atoms with E-state index >= 15 is 0 Å². The molecule has 0 radical (unpaired) electrons. The van der Waals surface area contributed by atoms with Crippen molar-refractivity contribution in [1.29, 1.82) is 0 Å². The summed E-state index contributed by atoms with van der Waals surface area (Å²) in [6, 6.07) is 28.4. The molecule has 5 nitrogen and oxygen atoms in total. The summed E-state index contributed by atoms with van der Waals surface area (Å²) in [6.07, 6.45) is 0. The number of para-hydroxylation sites is 1. The molecule has 0 atom stereocenters. The van der Waals surface area contributed by atoms with Crippen LogP contribution in [0.25, 0.3) is 10.8 Å². The predicted octanol–water partition coefficient (Wildman–Crippen LogP) is 5.89. The number of nitrogens with zero attached hydrogens (tertiary/aromatic N) is 1. The van der Waals surface area contributed by atoms with Crippen molar-refractivity contribution in [3.8, 4) is 5.75 Å². The van der Waals surface area contributed by atoms with Gasteiger partial charge in [-0.1, -0.05) is 72.8 Å². The van der Waals surface area contributed by atoms with E-state index in [1.807, 2.05) is 66.7 Å². The first-order chi connectivity index (χ1) is 16.0.